The lowest BCUT2D eigenvalue weighted by atomic mass is 10.2. The smallest absolute Gasteiger partial charge is 0.455 e. The molecule has 0 radical (unpaired) electrons. The van der Waals surface area contributed by atoms with Gasteiger partial charge in [0.05, 0.1) is 0 Å². The Balaban J connectivity index is 1.48. The highest BCUT2D eigenvalue weighted by Gasteiger charge is 2.21. The zero-order chi connectivity index (χ0) is 20.5. The van der Waals surface area contributed by atoms with E-state index in [2.05, 4.69) is 20.3 Å². The number of rotatable bonds is 7. The molecule has 0 amide bonds. The van der Waals surface area contributed by atoms with Gasteiger partial charge in [-0.1, -0.05) is 60.7 Å². The molecule has 0 bridgehead atoms. The van der Waals surface area contributed by atoms with Crippen molar-refractivity contribution in [2.75, 3.05) is 0 Å². The Hall–Kier alpha value is -4.08. The molecule has 10 nitrogen and oxygen atoms in total. The van der Waals surface area contributed by atoms with E-state index >= 15 is 0 Å². The molecular formula is C19H16N4O6. The minimum atomic E-state index is -1.17. The molecule has 0 saturated heterocycles. The normalized spacial score (nSPS) is 10.2. The Bertz CT molecular complexity index is 975. The van der Waals surface area contributed by atoms with Crippen LogP contribution in [0.3, 0.4) is 0 Å². The van der Waals surface area contributed by atoms with Crippen LogP contribution in [0.15, 0.2) is 60.7 Å². The summed E-state index contributed by atoms with van der Waals surface area (Å²) >= 11 is 0. The first-order chi connectivity index (χ1) is 14.1. The summed E-state index contributed by atoms with van der Waals surface area (Å²) in [5, 5.41) is 10.4. The van der Waals surface area contributed by atoms with E-state index in [0.29, 0.717) is 0 Å². The summed E-state index contributed by atoms with van der Waals surface area (Å²) in [6.45, 7) is -0.596. The molecule has 0 aliphatic heterocycles. The molecule has 0 atom stereocenters. The number of aromatic nitrogens is 4. The van der Waals surface area contributed by atoms with Crippen LogP contribution >= 0.6 is 0 Å². The Morgan fingerprint density at radius 3 is 2.03 bits per heavy atom. The van der Waals surface area contributed by atoms with Crippen LogP contribution in [0.25, 0.3) is 0 Å². The van der Waals surface area contributed by atoms with Gasteiger partial charge in [0.25, 0.3) is 5.82 Å². The zero-order valence-corrected chi connectivity index (χ0v) is 15.1. The van der Waals surface area contributed by atoms with E-state index in [4.69, 9.17) is 9.47 Å². The van der Waals surface area contributed by atoms with Gasteiger partial charge in [-0.05, 0) is 21.6 Å². The van der Waals surface area contributed by atoms with Gasteiger partial charge in [0.15, 0.2) is 0 Å². The van der Waals surface area contributed by atoms with Crippen LogP contribution in [-0.4, -0.2) is 38.3 Å². The molecule has 3 aromatic rings. The van der Waals surface area contributed by atoms with Gasteiger partial charge in [-0.3, -0.25) is 0 Å². The largest absolute Gasteiger partial charge is 0.516 e. The van der Waals surface area contributed by atoms with Crippen molar-refractivity contribution in [2.45, 2.75) is 19.8 Å². The monoisotopic (exact) mass is 396 g/mol. The van der Waals surface area contributed by atoms with Crippen LogP contribution in [0.2, 0.25) is 0 Å². The molecule has 0 spiro atoms. The number of hydrogen-bond acceptors (Lipinski definition) is 9. The van der Waals surface area contributed by atoms with E-state index in [0.717, 1.165) is 15.8 Å². The summed E-state index contributed by atoms with van der Waals surface area (Å²) in [6.07, 6.45) is -1.17. The van der Waals surface area contributed by atoms with Gasteiger partial charge in [-0.15, -0.1) is 5.10 Å². The predicted octanol–water partition coefficient (Wildman–Crippen LogP) is 1.91. The second kappa shape index (κ2) is 9.74. The molecule has 148 valence electrons. The van der Waals surface area contributed by atoms with Crippen LogP contribution < -0.4 is 0 Å². The van der Waals surface area contributed by atoms with Gasteiger partial charge in [-0.25, -0.2) is 19.1 Å². The lowest BCUT2D eigenvalue weighted by Crippen LogP contribution is -2.22. The van der Waals surface area contributed by atoms with Crippen molar-refractivity contribution < 1.29 is 28.6 Å². The van der Waals surface area contributed by atoms with E-state index in [9.17, 15) is 14.4 Å². The van der Waals surface area contributed by atoms with E-state index in [1.54, 1.807) is 48.5 Å². The number of esters is 2. The summed E-state index contributed by atoms with van der Waals surface area (Å²) in [5.41, 5.74) is 1.52. The maximum absolute atomic E-state index is 12.1. The lowest BCUT2D eigenvalue weighted by molar-refractivity contribution is -0.140. The fourth-order valence-electron chi connectivity index (χ4n) is 2.24. The second-order valence-corrected chi connectivity index (χ2v) is 5.72. The quantitative estimate of drug-likeness (QED) is 0.435. The van der Waals surface area contributed by atoms with Crippen LogP contribution in [0.4, 0.5) is 4.79 Å². The van der Waals surface area contributed by atoms with Gasteiger partial charge in [-0.2, -0.15) is 0 Å². The fourth-order valence-corrected chi connectivity index (χ4v) is 2.24. The van der Waals surface area contributed by atoms with E-state index < -0.39 is 24.6 Å². The van der Waals surface area contributed by atoms with Gasteiger partial charge < -0.3 is 14.2 Å². The lowest BCUT2D eigenvalue weighted by Gasteiger charge is -2.06. The average molecular weight is 396 g/mol. The number of carbonyl (C=O) groups is 3. The van der Waals surface area contributed by atoms with Gasteiger partial charge in [0.1, 0.15) is 19.8 Å². The number of tetrazole rings is 1. The molecule has 1 aromatic heterocycles. The number of benzene rings is 2. The number of hydrogen-bond donors (Lipinski definition) is 0. The van der Waals surface area contributed by atoms with Crippen molar-refractivity contribution in [1.29, 1.82) is 0 Å². The average Bonchev–Trinajstić information content (AvgIpc) is 3.20. The Labute approximate surface area is 165 Å². The molecule has 0 aliphatic rings. The summed E-state index contributed by atoms with van der Waals surface area (Å²) in [4.78, 5) is 35.6. The van der Waals surface area contributed by atoms with Gasteiger partial charge in [0.2, 0.25) is 0 Å². The van der Waals surface area contributed by atoms with Crippen LogP contribution in [0, 0.1) is 0 Å². The van der Waals surface area contributed by atoms with E-state index in [-0.39, 0.29) is 19.0 Å². The number of carbonyl (C=O) groups excluding carboxylic acids is 3. The summed E-state index contributed by atoms with van der Waals surface area (Å²) in [7, 11) is 0. The number of nitrogens with zero attached hydrogens (tertiary/aromatic N) is 4. The standard InChI is InChI=1S/C19H16N4O6/c24-16(29-19(26)28-13-15-9-5-2-6-10-15)11-23-17(20-21-22-23)18(25)27-12-14-7-3-1-4-8-14/h1-10H,11-13H2. The third-order valence-electron chi connectivity index (χ3n) is 3.60. The molecule has 0 saturated carbocycles. The van der Waals surface area contributed by atoms with Crippen LogP contribution in [-0.2, 0) is 38.8 Å². The van der Waals surface area contributed by atoms with Crippen molar-refractivity contribution in [3.05, 3.63) is 77.6 Å². The molecule has 2 aromatic carbocycles. The SMILES string of the molecule is O=C(Cn1nnnc1C(=O)OCc1ccccc1)OC(=O)OCc1ccccc1. The first kappa shape index (κ1) is 19.7. The third kappa shape index (κ3) is 5.96. The summed E-state index contributed by atoms with van der Waals surface area (Å²) in [5.74, 6) is -2.11. The first-order valence-electron chi connectivity index (χ1n) is 8.50. The number of ether oxygens (including phenoxy) is 3. The van der Waals surface area contributed by atoms with Crippen molar-refractivity contribution in [3.63, 3.8) is 0 Å². The minimum Gasteiger partial charge on any atom is -0.455 e. The maximum atomic E-state index is 12.1. The maximum Gasteiger partial charge on any atom is 0.516 e. The zero-order valence-electron chi connectivity index (χ0n) is 15.1. The molecular weight excluding hydrogens is 380 g/mol. The van der Waals surface area contributed by atoms with E-state index in [1.165, 1.54) is 0 Å². The highest BCUT2D eigenvalue weighted by molar-refractivity contribution is 5.86. The van der Waals surface area contributed by atoms with Gasteiger partial charge in [0, 0.05) is 0 Å². The Kier molecular flexibility index (Phi) is 6.61. The highest BCUT2D eigenvalue weighted by Crippen LogP contribution is 2.05. The minimum absolute atomic E-state index is 0.0167. The summed E-state index contributed by atoms with van der Waals surface area (Å²) < 4.78 is 15.4. The highest BCUT2D eigenvalue weighted by atomic mass is 16.7. The molecule has 0 unspecified atom stereocenters. The first-order valence-corrected chi connectivity index (χ1v) is 8.50. The summed E-state index contributed by atoms with van der Waals surface area (Å²) in [6, 6.07) is 17.9. The molecule has 0 fully saturated rings. The van der Waals surface area contributed by atoms with Crippen LogP contribution in [0.1, 0.15) is 21.7 Å². The Morgan fingerprint density at radius 2 is 1.41 bits per heavy atom. The molecule has 0 aliphatic carbocycles. The molecule has 0 N–H and O–H groups in total. The van der Waals surface area contributed by atoms with Crippen molar-refractivity contribution in [2.24, 2.45) is 0 Å². The van der Waals surface area contributed by atoms with Crippen molar-refractivity contribution in [3.8, 4) is 0 Å². The van der Waals surface area contributed by atoms with Crippen LogP contribution in [0.5, 0.6) is 0 Å². The molecule has 1 heterocycles. The fraction of sp³-hybridized carbons (Fsp3) is 0.158. The third-order valence-corrected chi connectivity index (χ3v) is 3.60. The van der Waals surface area contributed by atoms with Crippen molar-refractivity contribution >= 4 is 18.1 Å². The molecule has 10 heteroatoms. The van der Waals surface area contributed by atoms with Gasteiger partial charge >= 0.3 is 18.1 Å². The molecule has 29 heavy (non-hydrogen) atoms. The predicted molar refractivity (Wildman–Crippen MR) is 96.1 cm³/mol. The van der Waals surface area contributed by atoms with Crippen molar-refractivity contribution in [1.82, 2.24) is 20.2 Å². The topological polar surface area (TPSA) is 123 Å². The Morgan fingerprint density at radius 1 is 0.828 bits per heavy atom. The molecule has 3 rings (SSSR count). The second-order valence-electron chi connectivity index (χ2n) is 5.72. The van der Waals surface area contributed by atoms with E-state index in [1.807, 2.05) is 12.1 Å².